The van der Waals surface area contributed by atoms with Crippen LogP contribution in [0.2, 0.25) is 0 Å². The van der Waals surface area contributed by atoms with Crippen molar-refractivity contribution in [3.63, 3.8) is 0 Å². The quantitative estimate of drug-likeness (QED) is 0.846. The Morgan fingerprint density at radius 1 is 1.32 bits per heavy atom. The highest BCUT2D eigenvalue weighted by Gasteiger charge is 2.34. The lowest BCUT2D eigenvalue weighted by atomic mass is 10.1. The minimum atomic E-state index is -0.0242. The second-order valence-electron chi connectivity index (χ2n) is 5.88. The first kappa shape index (κ1) is 15.0. The molecule has 0 unspecified atom stereocenters. The molecule has 0 radical (unpaired) electrons. The molecule has 0 spiro atoms. The van der Waals surface area contributed by atoms with E-state index in [1.54, 1.807) is 0 Å². The van der Waals surface area contributed by atoms with Gasteiger partial charge in [0.25, 0.3) is 0 Å². The van der Waals surface area contributed by atoms with Crippen molar-refractivity contribution in [3.8, 4) is 6.07 Å². The van der Waals surface area contributed by atoms with Crippen LogP contribution in [0.4, 0.5) is 0 Å². The Hall–Kier alpha value is -1.90. The van der Waals surface area contributed by atoms with E-state index in [0.717, 1.165) is 31.5 Å². The number of amides is 1. The van der Waals surface area contributed by atoms with Crippen LogP contribution < -0.4 is 0 Å². The second-order valence-corrected chi connectivity index (χ2v) is 5.88. The Labute approximate surface area is 131 Å². The zero-order chi connectivity index (χ0) is 15.4. The Bertz CT molecular complexity index is 576. The third-order valence-corrected chi connectivity index (χ3v) is 4.41. The molecule has 2 aliphatic heterocycles. The maximum Gasteiger partial charge on any atom is 0.240 e. The van der Waals surface area contributed by atoms with E-state index in [2.05, 4.69) is 11.0 Å². The summed E-state index contributed by atoms with van der Waals surface area (Å²) >= 11 is 0. The Morgan fingerprint density at radius 2 is 2.14 bits per heavy atom. The van der Waals surface area contributed by atoms with Crippen LogP contribution in [0.3, 0.4) is 0 Å². The Morgan fingerprint density at radius 3 is 2.91 bits per heavy atom. The fourth-order valence-corrected chi connectivity index (χ4v) is 3.26. The van der Waals surface area contributed by atoms with Crippen LogP contribution in [-0.2, 0) is 16.1 Å². The molecule has 5 nitrogen and oxygen atoms in total. The molecule has 1 amide bonds. The molecule has 0 N–H and O–H groups in total. The van der Waals surface area contributed by atoms with Crippen molar-refractivity contribution in [3.05, 3.63) is 35.4 Å². The number of ether oxygens (including phenoxy) is 1. The summed E-state index contributed by atoms with van der Waals surface area (Å²) in [5.41, 5.74) is 1.77. The lowest BCUT2D eigenvalue weighted by molar-refractivity contribution is -0.140. The topological polar surface area (TPSA) is 56.6 Å². The van der Waals surface area contributed by atoms with Crippen LogP contribution in [0, 0.1) is 11.3 Å². The lowest BCUT2D eigenvalue weighted by Gasteiger charge is -2.32. The van der Waals surface area contributed by atoms with Gasteiger partial charge in [0.05, 0.1) is 30.9 Å². The minimum absolute atomic E-state index is 0.0242. The van der Waals surface area contributed by atoms with Gasteiger partial charge in [0, 0.05) is 19.6 Å². The molecule has 0 aliphatic carbocycles. The molecule has 2 heterocycles. The van der Waals surface area contributed by atoms with Gasteiger partial charge in [-0.05, 0) is 37.1 Å². The van der Waals surface area contributed by atoms with Crippen LogP contribution in [0.15, 0.2) is 24.3 Å². The fourth-order valence-electron chi connectivity index (χ4n) is 3.26. The van der Waals surface area contributed by atoms with Crippen molar-refractivity contribution in [2.24, 2.45) is 0 Å². The number of morpholine rings is 1. The van der Waals surface area contributed by atoms with E-state index in [1.807, 2.05) is 29.2 Å². The van der Waals surface area contributed by atoms with Crippen LogP contribution in [0.1, 0.15) is 24.0 Å². The van der Waals surface area contributed by atoms with E-state index in [9.17, 15) is 4.79 Å². The molecule has 2 aliphatic rings. The molecule has 1 aromatic carbocycles. The fraction of sp³-hybridized carbons (Fsp3) is 0.529. The standard InChI is InChI=1S/C17H21N3O2/c18-12-14-3-1-4-15(11-14)13-20-6-2-5-16(20)17(21)19-7-9-22-10-8-19/h1,3-4,11,16H,2,5-10,13H2/t16-/m1/s1. The summed E-state index contributed by atoms with van der Waals surface area (Å²) in [7, 11) is 0. The predicted octanol–water partition coefficient (Wildman–Crippen LogP) is 1.38. The summed E-state index contributed by atoms with van der Waals surface area (Å²) in [4.78, 5) is 16.9. The molecule has 0 aromatic heterocycles. The van der Waals surface area contributed by atoms with Gasteiger partial charge >= 0.3 is 0 Å². The van der Waals surface area contributed by atoms with Gasteiger partial charge in [0.1, 0.15) is 0 Å². The molecule has 5 heteroatoms. The van der Waals surface area contributed by atoms with Crippen molar-refractivity contribution in [2.45, 2.75) is 25.4 Å². The van der Waals surface area contributed by atoms with Crippen LogP contribution >= 0.6 is 0 Å². The largest absolute Gasteiger partial charge is 0.378 e. The second kappa shape index (κ2) is 6.91. The van der Waals surface area contributed by atoms with E-state index < -0.39 is 0 Å². The summed E-state index contributed by atoms with van der Waals surface area (Å²) in [5, 5.41) is 9.00. The Kier molecular flexibility index (Phi) is 4.71. The van der Waals surface area contributed by atoms with Crippen LogP contribution in [0.25, 0.3) is 0 Å². The summed E-state index contributed by atoms with van der Waals surface area (Å²) < 4.78 is 5.32. The first-order valence-electron chi connectivity index (χ1n) is 7.87. The van der Waals surface area contributed by atoms with Crippen molar-refractivity contribution in [1.29, 1.82) is 5.26 Å². The molecule has 1 atom stereocenters. The Balaban J connectivity index is 1.67. The molecule has 0 saturated carbocycles. The molecule has 0 bridgehead atoms. The molecule has 2 saturated heterocycles. The smallest absolute Gasteiger partial charge is 0.240 e. The monoisotopic (exact) mass is 299 g/mol. The third-order valence-electron chi connectivity index (χ3n) is 4.41. The summed E-state index contributed by atoms with van der Waals surface area (Å²) in [6.07, 6.45) is 1.98. The summed E-state index contributed by atoms with van der Waals surface area (Å²) in [6, 6.07) is 9.80. The van der Waals surface area contributed by atoms with Crippen molar-refractivity contribution < 1.29 is 9.53 Å². The normalized spacial score (nSPS) is 22.5. The van der Waals surface area contributed by atoms with Gasteiger partial charge < -0.3 is 9.64 Å². The van der Waals surface area contributed by atoms with Gasteiger partial charge in [0.15, 0.2) is 0 Å². The van der Waals surface area contributed by atoms with Crippen molar-refractivity contribution in [2.75, 3.05) is 32.8 Å². The number of hydrogen-bond acceptors (Lipinski definition) is 4. The lowest BCUT2D eigenvalue weighted by Crippen LogP contribution is -2.49. The zero-order valence-corrected chi connectivity index (χ0v) is 12.7. The van der Waals surface area contributed by atoms with Gasteiger partial charge in [-0.1, -0.05) is 12.1 Å². The summed E-state index contributed by atoms with van der Waals surface area (Å²) in [6.45, 7) is 4.36. The third kappa shape index (κ3) is 3.29. The first-order valence-corrected chi connectivity index (χ1v) is 7.87. The molecular formula is C17H21N3O2. The van der Waals surface area contributed by atoms with E-state index >= 15 is 0 Å². The summed E-state index contributed by atoms with van der Waals surface area (Å²) in [5.74, 6) is 0.234. The van der Waals surface area contributed by atoms with Crippen LogP contribution in [-0.4, -0.2) is 54.6 Å². The number of nitrogens with zero attached hydrogens (tertiary/aromatic N) is 3. The highest BCUT2D eigenvalue weighted by atomic mass is 16.5. The van der Waals surface area contributed by atoms with Gasteiger partial charge in [-0.25, -0.2) is 0 Å². The van der Waals surface area contributed by atoms with Crippen molar-refractivity contribution >= 4 is 5.91 Å². The average Bonchev–Trinajstić information content (AvgIpc) is 3.03. The molecule has 22 heavy (non-hydrogen) atoms. The number of hydrogen-bond donors (Lipinski definition) is 0. The SMILES string of the molecule is N#Cc1cccc(CN2CCC[C@@H]2C(=O)N2CCOCC2)c1. The van der Waals surface area contributed by atoms with Gasteiger partial charge in [-0.2, -0.15) is 5.26 Å². The molecule has 116 valence electrons. The maximum atomic E-state index is 12.7. The minimum Gasteiger partial charge on any atom is -0.378 e. The number of rotatable bonds is 3. The van der Waals surface area contributed by atoms with Gasteiger partial charge in [-0.3, -0.25) is 9.69 Å². The molecule has 2 fully saturated rings. The zero-order valence-electron chi connectivity index (χ0n) is 12.7. The van der Waals surface area contributed by atoms with Gasteiger partial charge in [0.2, 0.25) is 5.91 Å². The van der Waals surface area contributed by atoms with E-state index in [-0.39, 0.29) is 11.9 Å². The first-order chi connectivity index (χ1) is 10.8. The number of carbonyl (C=O) groups is 1. The van der Waals surface area contributed by atoms with E-state index in [0.29, 0.717) is 31.9 Å². The number of carbonyl (C=O) groups excluding carboxylic acids is 1. The number of benzene rings is 1. The van der Waals surface area contributed by atoms with Crippen LogP contribution in [0.5, 0.6) is 0 Å². The highest BCUT2D eigenvalue weighted by Crippen LogP contribution is 2.22. The molecular weight excluding hydrogens is 278 g/mol. The van der Waals surface area contributed by atoms with Crippen molar-refractivity contribution in [1.82, 2.24) is 9.80 Å². The van der Waals surface area contributed by atoms with E-state index in [1.165, 1.54) is 0 Å². The number of likely N-dealkylation sites (tertiary alicyclic amines) is 1. The molecule has 1 aromatic rings. The highest BCUT2D eigenvalue weighted by molar-refractivity contribution is 5.82. The van der Waals surface area contributed by atoms with Gasteiger partial charge in [-0.15, -0.1) is 0 Å². The molecule has 3 rings (SSSR count). The maximum absolute atomic E-state index is 12.7. The number of nitriles is 1. The van der Waals surface area contributed by atoms with E-state index in [4.69, 9.17) is 10.00 Å². The average molecular weight is 299 g/mol. The predicted molar refractivity (Wildman–Crippen MR) is 82.0 cm³/mol.